The van der Waals surface area contributed by atoms with Crippen molar-refractivity contribution < 1.29 is 9.53 Å². The van der Waals surface area contributed by atoms with E-state index in [0.717, 1.165) is 18.4 Å². The molecule has 28 heavy (non-hydrogen) atoms. The lowest BCUT2D eigenvalue weighted by Gasteiger charge is -2.33. The summed E-state index contributed by atoms with van der Waals surface area (Å²) >= 11 is 0. The summed E-state index contributed by atoms with van der Waals surface area (Å²) < 4.78 is 10.5. The van der Waals surface area contributed by atoms with Gasteiger partial charge < -0.3 is 14.2 Å². The third kappa shape index (κ3) is 3.13. The lowest BCUT2D eigenvalue weighted by molar-refractivity contribution is 0.0669. The first-order chi connectivity index (χ1) is 13.6. The first-order valence-electron chi connectivity index (χ1n) is 9.57. The van der Waals surface area contributed by atoms with Gasteiger partial charge in [0.1, 0.15) is 5.69 Å². The molecule has 0 saturated carbocycles. The highest BCUT2D eigenvalue weighted by molar-refractivity contribution is 5.92. The number of piperidine rings is 1. The number of carbonyl (C=O) groups is 1. The van der Waals surface area contributed by atoms with Crippen LogP contribution in [-0.4, -0.2) is 56.3 Å². The normalized spacial score (nSPS) is 17.4. The zero-order valence-corrected chi connectivity index (χ0v) is 16.2. The Morgan fingerprint density at radius 3 is 2.93 bits per heavy atom. The fourth-order valence-electron chi connectivity index (χ4n) is 4.03. The Morgan fingerprint density at radius 1 is 1.32 bits per heavy atom. The molecule has 4 heterocycles. The van der Waals surface area contributed by atoms with Gasteiger partial charge >= 0.3 is 5.69 Å². The second-order valence-electron chi connectivity index (χ2n) is 7.19. The van der Waals surface area contributed by atoms with E-state index in [4.69, 9.17) is 4.74 Å². The molecule has 0 radical (unpaired) electrons. The third-order valence-electron chi connectivity index (χ3n) is 5.45. The zero-order chi connectivity index (χ0) is 19.7. The molecule has 0 aromatic carbocycles. The first kappa shape index (κ1) is 18.5. The maximum absolute atomic E-state index is 13.2. The number of imidazole rings is 1. The molecule has 1 aliphatic heterocycles. The Labute approximate surface area is 162 Å². The molecule has 3 aromatic rings. The summed E-state index contributed by atoms with van der Waals surface area (Å²) in [7, 11) is 3.49. The molecule has 4 rings (SSSR count). The quantitative estimate of drug-likeness (QED) is 0.672. The van der Waals surface area contributed by atoms with Gasteiger partial charge in [0.25, 0.3) is 5.91 Å². The van der Waals surface area contributed by atoms with Gasteiger partial charge in [0, 0.05) is 39.6 Å². The highest BCUT2D eigenvalue weighted by atomic mass is 16.5. The van der Waals surface area contributed by atoms with Crippen LogP contribution in [-0.2, 0) is 18.3 Å². The standard InChI is InChI=1S/C20H25N5O3/c1-22-10-5-8-17(22)19(26)23-11-4-6-15(14-23)25-18-16(7-3-9-21-18)24(20(25)27)12-13-28-2/h3,5,7-10,15H,4,6,11-14H2,1-2H3/t15-/m0/s1. The maximum atomic E-state index is 13.2. The Morgan fingerprint density at radius 2 is 2.18 bits per heavy atom. The smallest absolute Gasteiger partial charge is 0.330 e. The van der Waals surface area contributed by atoms with Crippen molar-refractivity contribution >= 4 is 17.1 Å². The molecular formula is C20H25N5O3. The van der Waals surface area contributed by atoms with Crippen molar-refractivity contribution in [1.82, 2.24) is 23.6 Å². The third-order valence-corrected chi connectivity index (χ3v) is 5.45. The van der Waals surface area contributed by atoms with Gasteiger partial charge in [0.2, 0.25) is 0 Å². The van der Waals surface area contributed by atoms with Crippen molar-refractivity contribution in [1.29, 1.82) is 0 Å². The van der Waals surface area contributed by atoms with Gasteiger partial charge in [-0.3, -0.25) is 13.9 Å². The van der Waals surface area contributed by atoms with Crippen LogP contribution in [0.25, 0.3) is 11.2 Å². The van der Waals surface area contributed by atoms with Gasteiger partial charge in [0.05, 0.1) is 24.7 Å². The molecule has 148 valence electrons. The summed E-state index contributed by atoms with van der Waals surface area (Å²) in [4.78, 5) is 32.4. The summed E-state index contributed by atoms with van der Waals surface area (Å²) in [6.07, 6.45) is 5.27. The van der Waals surface area contributed by atoms with Crippen LogP contribution in [0.1, 0.15) is 29.4 Å². The van der Waals surface area contributed by atoms with Gasteiger partial charge in [-0.15, -0.1) is 0 Å². The number of aromatic nitrogens is 4. The molecule has 1 fully saturated rings. The number of rotatable bonds is 5. The van der Waals surface area contributed by atoms with Crippen molar-refractivity contribution in [2.24, 2.45) is 7.05 Å². The summed E-state index contributed by atoms with van der Waals surface area (Å²) in [5.41, 5.74) is 2.04. The van der Waals surface area contributed by atoms with Crippen molar-refractivity contribution in [3.8, 4) is 0 Å². The van der Waals surface area contributed by atoms with E-state index < -0.39 is 0 Å². The molecule has 0 spiro atoms. The fraction of sp³-hybridized carbons (Fsp3) is 0.450. The number of carbonyl (C=O) groups excluding carboxylic acids is 1. The van der Waals surface area contributed by atoms with Crippen LogP contribution >= 0.6 is 0 Å². The van der Waals surface area contributed by atoms with Crippen LogP contribution in [0.15, 0.2) is 41.5 Å². The predicted octanol–water partition coefficient (Wildman–Crippen LogP) is 1.66. The van der Waals surface area contributed by atoms with Crippen molar-refractivity contribution in [3.63, 3.8) is 0 Å². The van der Waals surface area contributed by atoms with Crippen LogP contribution in [0.5, 0.6) is 0 Å². The molecule has 8 heteroatoms. The molecule has 1 aliphatic rings. The van der Waals surface area contributed by atoms with Gasteiger partial charge in [-0.1, -0.05) is 0 Å². The molecule has 0 bridgehead atoms. The molecule has 0 unspecified atom stereocenters. The Hall–Kier alpha value is -2.87. The van der Waals surface area contributed by atoms with Gasteiger partial charge in [-0.25, -0.2) is 9.78 Å². The van der Waals surface area contributed by atoms with Crippen molar-refractivity contribution in [2.75, 3.05) is 26.8 Å². The summed E-state index contributed by atoms with van der Waals surface area (Å²) in [6.45, 7) is 2.13. The number of hydrogen-bond acceptors (Lipinski definition) is 4. The van der Waals surface area contributed by atoms with Crippen molar-refractivity contribution in [2.45, 2.75) is 25.4 Å². The number of likely N-dealkylation sites (tertiary alicyclic amines) is 1. The number of hydrogen-bond donors (Lipinski definition) is 0. The molecule has 0 aliphatic carbocycles. The molecule has 8 nitrogen and oxygen atoms in total. The Bertz CT molecular complexity index is 1050. The van der Waals surface area contributed by atoms with E-state index >= 15 is 0 Å². The fourth-order valence-corrected chi connectivity index (χ4v) is 4.03. The van der Waals surface area contributed by atoms with E-state index in [-0.39, 0.29) is 17.6 Å². The molecule has 1 atom stereocenters. The summed E-state index contributed by atoms with van der Waals surface area (Å²) in [6, 6.07) is 7.35. The van der Waals surface area contributed by atoms with E-state index in [1.165, 1.54) is 0 Å². The number of aryl methyl sites for hydroxylation is 1. The average molecular weight is 383 g/mol. The van der Waals surface area contributed by atoms with Crippen LogP contribution < -0.4 is 5.69 Å². The lowest BCUT2D eigenvalue weighted by Crippen LogP contribution is -2.43. The van der Waals surface area contributed by atoms with Crippen LogP contribution in [0.2, 0.25) is 0 Å². The zero-order valence-electron chi connectivity index (χ0n) is 16.2. The summed E-state index contributed by atoms with van der Waals surface area (Å²) in [5.74, 6) is 0.00123. The van der Waals surface area contributed by atoms with Crippen LogP contribution in [0.3, 0.4) is 0 Å². The second-order valence-corrected chi connectivity index (χ2v) is 7.19. The molecule has 3 aromatic heterocycles. The molecule has 0 N–H and O–H groups in total. The lowest BCUT2D eigenvalue weighted by atomic mass is 10.0. The highest BCUT2D eigenvalue weighted by Gasteiger charge is 2.29. The van der Waals surface area contributed by atoms with Crippen LogP contribution in [0, 0.1) is 0 Å². The van der Waals surface area contributed by atoms with E-state index in [1.807, 2.05) is 47.0 Å². The number of methoxy groups -OCH3 is 1. The van der Waals surface area contributed by atoms with E-state index in [0.29, 0.717) is 37.6 Å². The van der Waals surface area contributed by atoms with E-state index in [1.54, 1.807) is 22.4 Å². The molecule has 1 amide bonds. The highest BCUT2D eigenvalue weighted by Crippen LogP contribution is 2.25. The minimum Gasteiger partial charge on any atom is -0.383 e. The molecule has 1 saturated heterocycles. The SMILES string of the molecule is COCCn1c(=O)n([C@H]2CCCN(C(=O)c3cccn3C)C2)c2ncccc21. The number of nitrogens with zero attached hydrogens (tertiary/aromatic N) is 5. The van der Waals surface area contributed by atoms with Gasteiger partial charge in [-0.05, 0) is 37.1 Å². The topological polar surface area (TPSA) is 74.3 Å². The summed E-state index contributed by atoms with van der Waals surface area (Å²) in [5, 5.41) is 0. The molecular weight excluding hydrogens is 358 g/mol. The maximum Gasteiger partial charge on any atom is 0.330 e. The monoisotopic (exact) mass is 383 g/mol. The van der Waals surface area contributed by atoms with Gasteiger partial charge in [-0.2, -0.15) is 0 Å². The predicted molar refractivity (Wildman–Crippen MR) is 105 cm³/mol. The van der Waals surface area contributed by atoms with Crippen LogP contribution in [0.4, 0.5) is 0 Å². The minimum absolute atomic E-state index is 0.00123. The second kappa shape index (κ2) is 7.63. The Balaban J connectivity index is 1.68. The van der Waals surface area contributed by atoms with E-state index in [9.17, 15) is 9.59 Å². The first-order valence-corrected chi connectivity index (χ1v) is 9.57. The number of amides is 1. The number of ether oxygens (including phenoxy) is 1. The van der Waals surface area contributed by atoms with Gasteiger partial charge in [0.15, 0.2) is 5.65 Å². The Kier molecular flexibility index (Phi) is 5.04. The number of pyridine rings is 1. The van der Waals surface area contributed by atoms with Crippen molar-refractivity contribution in [3.05, 3.63) is 52.8 Å². The average Bonchev–Trinajstić information content (AvgIpc) is 3.26. The minimum atomic E-state index is -0.0936. The van der Waals surface area contributed by atoms with E-state index in [2.05, 4.69) is 4.98 Å². The largest absolute Gasteiger partial charge is 0.383 e. The number of fused-ring (bicyclic) bond motifs is 1.